The van der Waals surface area contributed by atoms with E-state index in [1.807, 2.05) is 16.7 Å². The summed E-state index contributed by atoms with van der Waals surface area (Å²) in [5, 5.41) is 0. The predicted octanol–water partition coefficient (Wildman–Crippen LogP) is 3.19. The molecule has 130 valence electrons. The lowest BCUT2D eigenvalue weighted by atomic mass is 10.1. The Morgan fingerprint density at radius 3 is 2.40 bits per heavy atom. The maximum Gasteiger partial charge on any atom is 0.241 e. The average Bonchev–Trinajstić information content (AvgIpc) is 3.11. The van der Waals surface area contributed by atoms with Crippen molar-refractivity contribution < 1.29 is 17.2 Å². The van der Waals surface area contributed by atoms with Gasteiger partial charge in [-0.1, -0.05) is 12.1 Å². The summed E-state index contributed by atoms with van der Waals surface area (Å²) in [7, 11) is -3.97. The first-order chi connectivity index (χ1) is 11.9. The summed E-state index contributed by atoms with van der Waals surface area (Å²) in [6, 6.07) is 9.16. The molecule has 8 heteroatoms. The van der Waals surface area contributed by atoms with Crippen LogP contribution < -0.4 is 4.72 Å². The standard InChI is InChI=1S/C17H15F2N3O2S/c1-12(13-2-4-14(5-3-13)22-9-8-20-11-22)21-25(23,24)15-6-7-16(18)17(19)10-15/h2-12,21H,1H3. The second-order valence-corrected chi connectivity index (χ2v) is 7.19. The molecule has 0 saturated carbocycles. The van der Waals surface area contributed by atoms with Crippen molar-refractivity contribution in [2.45, 2.75) is 17.9 Å². The number of hydrogen-bond donors (Lipinski definition) is 1. The third-order valence-corrected chi connectivity index (χ3v) is 5.27. The van der Waals surface area contributed by atoms with Crippen LogP contribution in [0.25, 0.3) is 5.69 Å². The molecule has 1 atom stereocenters. The van der Waals surface area contributed by atoms with Crippen LogP contribution in [-0.4, -0.2) is 18.0 Å². The van der Waals surface area contributed by atoms with E-state index in [9.17, 15) is 17.2 Å². The molecule has 3 rings (SSSR count). The normalized spacial score (nSPS) is 12.9. The van der Waals surface area contributed by atoms with Crippen LogP contribution in [0.1, 0.15) is 18.5 Å². The Morgan fingerprint density at radius 2 is 1.80 bits per heavy atom. The van der Waals surface area contributed by atoms with E-state index in [2.05, 4.69) is 9.71 Å². The number of nitrogens with zero attached hydrogens (tertiary/aromatic N) is 2. The second-order valence-electron chi connectivity index (χ2n) is 5.48. The van der Waals surface area contributed by atoms with Gasteiger partial charge in [0.1, 0.15) is 0 Å². The van der Waals surface area contributed by atoms with Crippen molar-refractivity contribution >= 4 is 10.0 Å². The Morgan fingerprint density at radius 1 is 1.08 bits per heavy atom. The van der Waals surface area contributed by atoms with E-state index in [0.717, 1.165) is 23.4 Å². The highest BCUT2D eigenvalue weighted by atomic mass is 32.2. The number of nitrogens with one attached hydrogen (secondary N) is 1. The minimum absolute atomic E-state index is 0.326. The third-order valence-electron chi connectivity index (χ3n) is 3.73. The van der Waals surface area contributed by atoms with Gasteiger partial charge in [0.15, 0.2) is 11.6 Å². The quantitative estimate of drug-likeness (QED) is 0.757. The summed E-state index contributed by atoms with van der Waals surface area (Å²) in [5.74, 6) is -2.30. The van der Waals surface area contributed by atoms with E-state index in [4.69, 9.17) is 0 Å². The number of hydrogen-bond acceptors (Lipinski definition) is 3. The molecule has 1 heterocycles. The van der Waals surface area contributed by atoms with Crippen molar-refractivity contribution in [2.24, 2.45) is 0 Å². The van der Waals surface area contributed by atoms with Crippen molar-refractivity contribution in [3.63, 3.8) is 0 Å². The lowest BCUT2D eigenvalue weighted by molar-refractivity contribution is 0.503. The van der Waals surface area contributed by atoms with Gasteiger partial charge < -0.3 is 4.57 Å². The highest BCUT2D eigenvalue weighted by molar-refractivity contribution is 7.89. The number of rotatable bonds is 5. The van der Waals surface area contributed by atoms with Gasteiger partial charge in [0.25, 0.3) is 0 Å². The van der Waals surface area contributed by atoms with Crippen LogP contribution >= 0.6 is 0 Å². The Labute approximate surface area is 144 Å². The maximum absolute atomic E-state index is 13.3. The molecule has 0 radical (unpaired) electrons. The molecule has 0 aliphatic heterocycles. The fourth-order valence-electron chi connectivity index (χ4n) is 2.36. The van der Waals surface area contributed by atoms with Crippen molar-refractivity contribution in [3.8, 4) is 5.69 Å². The van der Waals surface area contributed by atoms with E-state index in [1.54, 1.807) is 37.8 Å². The predicted molar refractivity (Wildman–Crippen MR) is 88.7 cm³/mol. The zero-order valence-electron chi connectivity index (χ0n) is 13.2. The summed E-state index contributed by atoms with van der Waals surface area (Å²) < 4.78 is 55.2. The van der Waals surface area contributed by atoms with Crippen LogP contribution in [0.3, 0.4) is 0 Å². The molecule has 0 fully saturated rings. The molecular weight excluding hydrogens is 348 g/mol. The minimum atomic E-state index is -3.97. The first-order valence-electron chi connectivity index (χ1n) is 7.42. The largest absolute Gasteiger partial charge is 0.306 e. The zero-order valence-corrected chi connectivity index (χ0v) is 14.0. The zero-order chi connectivity index (χ0) is 18.0. The Balaban J connectivity index is 1.78. The Hall–Kier alpha value is -2.58. The molecule has 1 N–H and O–H groups in total. The number of benzene rings is 2. The first-order valence-corrected chi connectivity index (χ1v) is 8.91. The molecule has 5 nitrogen and oxygen atoms in total. The summed E-state index contributed by atoms with van der Waals surface area (Å²) in [4.78, 5) is 3.64. The van der Waals surface area contributed by atoms with Gasteiger partial charge in [-0.15, -0.1) is 0 Å². The molecule has 0 saturated heterocycles. The first kappa shape index (κ1) is 17.2. The van der Waals surface area contributed by atoms with E-state index in [-0.39, 0.29) is 4.90 Å². The van der Waals surface area contributed by atoms with Gasteiger partial charge >= 0.3 is 0 Å². The average molecular weight is 363 g/mol. The summed E-state index contributed by atoms with van der Waals surface area (Å²) in [6.45, 7) is 1.67. The molecule has 2 aromatic carbocycles. The maximum atomic E-state index is 13.3. The van der Waals surface area contributed by atoms with Crippen LogP contribution in [0.2, 0.25) is 0 Å². The summed E-state index contributed by atoms with van der Waals surface area (Å²) in [6.07, 6.45) is 5.11. The summed E-state index contributed by atoms with van der Waals surface area (Å²) >= 11 is 0. The molecule has 25 heavy (non-hydrogen) atoms. The van der Waals surface area contributed by atoms with E-state index in [0.29, 0.717) is 6.07 Å². The van der Waals surface area contributed by atoms with Crippen molar-refractivity contribution in [1.29, 1.82) is 0 Å². The Bertz CT molecular complexity index is 972. The van der Waals surface area contributed by atoms with Gasteiger partial charge in [0.05, 0.1) is 11.2 Å². The lowest BCUT2D eigenvalue weighted by Gasteiger charge is -2.15. The van der Waals surface area contributed by atoms with Crippen LogP contribution in [0.4, 0.5) is 8.78 Å². The van der Waals surface area contributed by atoms with Gasteiger partial charge in [0, 0.05) is 24.1 Å². The van der Waals surface area contributed by atoms with Gasteiger partial charge in [-0.05, 0) is 42.8 Å². The molecule has 0 aliphatic carbocycles. The monoisotopic (exact) mass is 363 g/mol. The SMILES string of the molecule is CC(NS(=O)(=O)c1ccc(F)c(F)c1)c1ccc(-n2ccnc2)cc1. The van der Waals surface area contributed by atoms with Crippen molar-refractivity contribution in [1.82, 2.24) is 14.3 Å². The van der Waals surface area contributed by atoms with E-state index < -0.39 is 27.7 Å². The van der Waals surface area contributed by atoms with Crippen LogP contribution in [0, 0.1) is 11.6 Å². The van der Waals surface area contributed by atoms with Crippen molar-refractivity contribution in [3.05, 3.63) is 78.4 Å². The number of aromatic nitrogens is 2. The molecule has 1 aromatic heterocycles. The van der Waals surface area contributed by atoms with Gasteiger partial charge in [-0.25, -0.2) is 26.9 Å². The van der Waals surface area contributed by atoms with Gasteiger partial charge in [-0.3, -0.25) is 0 Å². The van der Waals surface area contributed by atoms with E-state index >= 15 is 0 Å². The van der Waals surface area contributed by atoms with E-state index in [1.165, 1.54) is 0 Å². The lowest BCUT2D eigenvalue weighted by Crippen LogP contribution is -2.27. The topological polar surface area (TPSA) is 64.0 Å². The molecule has 0 bridgehead atoms. The minimum Gasteiger partial charge on any atom is -0.306 e. The van der Waals surface area contributed by atoms with Gasteiger partial charge in [0.2, 0.25) is 10.0 Å². The molecule has 0 amide bonds. The molecular formula is C17H15F2N3O2S. The third kappa shape index (κ3) is 3.75. The smallest absolute Gasteiger partial charge is 0.241 e. The molecule has 1 unspecified atom stereocenters. The van der Waals surface area contributed by atoms with Crippen LogP contribution in [0.15, 0.2) is 66.1 Å². The number of halogens is 2. The fourth-order valence-corrected chi connectivity index (χ4v) is 3.60. The van der Waals surface area contributed by atoms with Crippen LogP contribution in [0.5, 0.6) is 0 Å². The molecule has 0 spiro atoms. The summed E-state index contributed by atoms with van der Waals surface area (Å²) in [5.41, 5.74) is 1.62. The van der Waals surface area contributed by atoms with Crippen LogP contribution in [-0.2, 0) is 10.0 Å². The molecule has 3 aromatic rings. The highest BCUT2D eigenvalue weighted by Crippen LogP contribution is 2.20. The fraction of sp³-hybridized carbons (Fsp3) is 0.118. The second kappa shape index (κ2) is 6.73. The van der Waals surface area contributed by atoms with Crippen molar-refractivity contribution in [2.75, 3.05) is 0 Å². The highest BCUT2D eigenvalue weighted by Gasteiger charge is 2.20. The molecule has 0 aliphatic rings. The number of imidazole rings is 1. The Kier molecular flexibility index (Phi) is 4.65. The number of sulfonamides is 1. The van der Waals surface area contributed by atoms with Gasteiger partial charge in [-0.2, -0.15) is 0 Å².